The Morgan fingerprint density at radius 2 is 1.79 bits per heavy atom. The van der Waals surface area contributed by atoms with Gasteiger partial charge in [-0.05, 0) is 24.9 Å². The summed E-state index contributed by atoms with van der Waals surface area (Å²) in [5.74, 6) is 0.981. The highest BCUT2D eigenvalue weighted by Crippen LogP contribution is 2.26. The van der Waals surface area contributed by atoms with E-state index in [1.54, 1.807) is 0 Å². The maximum Gasteiger partial charge on any atom is 0.121 e. The van der Waals surface area contributed by atoms with Crippen molar-refractivity contribution in [2.75, 3.05) is 7.05 Å². The zero-order chi connectivity index (χ0) is 14.0. The molecule has 0 atom stereocenters. The smallest absolute Gasteiger partial charge is 0.121 e. The van der Waals surface area contributed by atoms with Crippen LogP contribution >= 0.6 is 0 Å². The average molecular weight is 257 g/mol. The molecule has 0 bridgehead atoms. The highest BCUT2D eigenvalue weighted by molar-refractivity contribution is 5.62. The molecule has 2 rings (SSSR count). The van der Waals surface area contributed by atoms with Gasteiger partial charge in [0, 0.05) is 11.3 Å². The summed E-state index contributed by atoms with van der Waals surface area (Å²) in [6.45, 7) is 9.52. The van der Waals surface area contributed by atoms with Gasteiger partial charge in [0.15, 0.2) is 0 Å². The molecular weight excluding hydrogens is 234 g/mol. The third kappa shape index (κ3) is 3.04. The maximum atomic E-state index is 4.64. The van der Waals surface area contributed by atoms with Crippen molar-refractivity contribution >= 4 is 0 Å². The fourth-order valence-electron chi connectivity index (χ4n) is 2.18. The minimum absolute atomic E-state index is 0.191. The van der Waals surface area contributed by atoms with Crippen molar-refractivity contribution in [2.24, 2.45) is 0 Å². The van der Waals surface area contributed by atoms with Crippen molar-refractivity contribution in [1.82, 2.24) is 15.3 Å². The van der Waals surface area contributed by atoms with Crippen LogP contribution in [0.5, 0.6) is 0 Å². The molecule has 0 spiro atoms. The number of rotatable bonds is 3. The summed E-state index contributed by atoms with van der Waals surface area (Å²) in [6, 6.07) is 8.71. The van der Waals surface area contributed by atoms with E-state index in [-0.39, 0.29) is 5.41 Å². The van der Waals surface area contributed by atoms with Crippen molar-refractivity contribution in [2.45, 2.75) is 39.7 Å². The summed E-state index contributed by atoms with van der Waals surface area (Å²) in [4.78, 5) is 7.96. The zero-order valence-corrected chi connectivity index (χ0v) is 12.5. The Balaban J connectivity index is 2.32. The van der Waals surface area contributed by atoms with Crippen molar-refractivity contribution in [3.63, 3.8) is 0 Å². The largest absolute Gasteiger partial charge is 0.344 e. The molecule has 1 aromatic heterocycles. The molecule has 0 amide bonds. The monoisotopic (exact) mass is 257 g/mol. The summed E-state index contributed by atoms with van der Waals surface area (Å²) >= 11 is 0. The van der Waals surface area contributed by atoms with Gasteiger partial charge in [-0.2, -0.15) is 0 Å². The molecule has 0 fully saturated rings. The van der Waals surface area contributed by atoms with Crippen molar-refractivity contribution in [3.05, 3.63) is 41.3 Å². The van der Waals surface area contributed by atoms with Crippen LogP contribution in [0.2, 0.25) is 0 Å². The fourth-order valence-corrected chi connectivity index (χ4v) is 2.18. The lowest BCUT2D eigenvalue weighted by Crippen LogP contribution is -2.10. The van der Waals surface area contributed by atoms with Gasteiger partial charge >= 0.3 is 0 Å². The first kappa shape index (κ1) is 13.8. The van der Waals surface area contributed by atoms with Gasteiger partial charge in [0.1, 0.15) is 5.82 Å². The summed E-state index contributed by atoms with van der Waals surface area (Å²) in [5.41, 5.74) is 4.87. The predicted molar refractivity (Wildman–Crippen MR) is 80.2 cm³/mol. The number of hydrogen-bond donors (Lipinski definition) is 2. The molecule has 0 saturated heterocycles. The third-order valence-corrected chi connectivity index (χ3v) is 3.30. The SMILES string of the molecule is CNCc1nc(-c2ccc(C(C)(C)C)cc2)c(C)[nH]1. The quantitative estimate of drug-likeness (QED) is 0.884. The molecule has 0 saturated carbocycles. The Labute approximate surface area is 115 Å². The van der Waals surface area contributed by atoms with Crippen LogP contribution < -0.4 is 5.32 Å². The molecule has 0 aliphatic rings. The van der Waals surface area contributed by atoms with Gasteiger partial charge in [-0.25, -0.2) is 4.98 Å². The van der Waals surface area contributed by atoms with E-state index in [9.17, 15) is 0 Å². The molecule has 0 aliphatic heterocycles. The highest BCUT2D eigenvalue weighted by atomic mass is 15.0. The van der Waals surface area contributed by atoms with E-state index < -0.39 is 0 Å². The zero-order valence-electron chi connectivity index (χ0n) is 12.5. The molecule has 3 heteroatoms. The first-order chi connectivity index (χ1) is 8.91. The lowest BCUT2D eigenvalue weighted by Gasteiger charge is -2.19. The lowest BCUT2D eigenvalue weighted by atomic mass is 9.86. The summed E-state index contributed by atoms with van der Waals surface area (Å²) in [5, 5.41) is 3.11. The number of aryl methyl sites for hydroxylation is 1. The number of nitrogens with zero attached hydrogens (tertiary/aromatic N) is 1. The minimum Gasteiger partial charge on any atom is -0.344 e. The predicted octanol–water partition coefficient (Wildman–Crippen LogP) is 3.40. The van der Waals surface area contributed by atoms with E-state index in [0.717, 1.165) is 23.8 Å². The van der Waals surface area contributed by atoms with Gasteiger partial charge in [0.05, 0.1) is 12.2 Å². The van der Waals surface area contributed by atoms with Crippen molar-refractivity contribution in [3.8, 4) is 11.3 Å². The third-order valence-electron chi connectivity index (χ3n) is 3.30. The molecule has 0 unspecified atom stereocenters. The second-order valence-corrected chi connectivity index (χ2v) is 6.01. The fraction of sp³-hybridized carbons (Fsp3) is 0.438. The first-order valence-corrected chi connectivity index (χ1v) is 6.73. The van der Waals surface area contributed by atoms with Crippen LogP contribution in [-0.2, 0) is 12.0 Å². The van der Waals surface area contributed by atoms with Gasteiger partial charge in [0.2, 0.25) is 0 Å². The average Bonchev–Trinajstić information content (AvgIpc) is 2.70. The minimum atomic E-state index is 0.191. The Morgan fingerprint density at radius 1 is 1.16 bits per heavy atom. The van der Waals surface area contributed by atoms with E-state index in [1.165, 1.54) is 11.1 Å². The lowest BCUT2D eigenvalue weighted by molar-refractivity contribution is 0.590. The molecule has 3 nitrogen and oxygen atoms in total. The van der Waals surface area contributed by atoms with Crippen LogP contribution in [-0.4, -0.2) is 17.0 Å². The molecule has 2 N–H and O–H groups in total. The van der Waals surface area contributed by atoms with Crippen molar-refractivity contribution in [1.29, 1.82) is 0 Å². The van der Waals surface area contributed by atoms with Gasteiger partial charge in [0.25, 0.3) is 0 Å². The molecule has 102 valence electrons. The second kappa shape index (κ2) is 5.17. The number of benzene rings is 1. The first-order valence-electron chi connectivity index (χ1n) is 6.73. The Hall–Kier alpha value is -1.61. The number of aromatic amines is 1. The summed E-state index contributed by atoms with van der Waals surface area (Å²) in [7, 11) is 1.93. The molecule has 1 aromatic carbocycles. The molecule has 19 heavy (non-hydrogen) atoms. The number of imidazole rings is 1. The van der Waals surface area contributed by atoms with E-state index in [4.69, 9.17) is 0 Å². The molecule has 0 aliphatic carbocycles. The van der Waals surface area contributed by atoms with Crippen LogP contribution in [0.3, 0.4) is 0 Å². The van der Waals surface area contributed by atoms with E-state index in [2.05, 4.69) is 67.2 Å². The Morgan fingerprint density at radius 3 is 2.32 bits per heavy atom. The van der Waals surface area contributed by atoms with Gasteiger partial charge in [-0.15, -0.1) is 0 Å². The van der Waals surface area contributed by atoms with Crippen LogP contribution in [0, 0.1) is 6.92 Å². The summed E-state index contributed by atoms with van der Waals surface area (Å²) < 4.78 is 0. The molecule has 2 aromatic rings. The van der Waals surface area contributed by atoms with E-state index in [1.807, 2.05) is 7.05 Å². The highest BCUT2D eigenvalue weighted by Gasteiger charge is 2.14. The maximum absolute atomic E-state index is 4.64. The van der Waals surface area contributed by atoms with Gasteiger partial charge in [-0.3, -0.25) is 0 Å². The second-order valence-electron chi connectivity index (χ2n) is 6.01. The molecular formula is C16H23N3. The van der Waals surface area contributed by atoms with Crippen molar-refractivity contribution < 1.29 is 0 Å². The number of nitrogens with one attached hydrogen (secondary N) is 2. The van der Waals surface area contributed by atoms with Gasteiger partial charge in [-0.1, -0.05) is 45.0 Å². The van der Waals surface area contributed by atoms with E-state index in [0.29, 0.717) is 0 Å². The number of hydrogen-bond acceptors (Lipinski definition) is 2. The summed E-state index contributed by atoms with van der Waals surface area (Å²) in [6.07, 6.45) is 0. The number of aromatic nitrogens is 2. The van der Waals surface area contributed by atoms with Crippen LogP contribution in [0.15, 0.2) is 24.3 Å². The standard InChI is InChI=1S/C16H23N3/c1-11-15(19-14(18-11)10-17-5)12-6-8-13(9-7-12)16(2,3)4/h6-9,17H,10H2,1-5H3,(H,18,19). The molecule has 0 radical (unpaired) electrons. The molecule has 1 heterocycles. The van der Waals surface area contributed by atoms with Gasteiger partial charge < -0.3 is 10.3 Å². The Kier molecular flexibility index (Phi) is 3.76. The topological polar surface area (TPSA) is 40.7 Å². The number of H-pyrrole nitrogens is 1. The normalized spacial score (nSPS) is 11.8. The Bertz CT molecular complexity index is 544. The van der Waals surface area contributed by atoms with E-state index >= 15 is 0 Å². The van der Waals surface area contributed by atoms with Crippen LogP contribution in [0.25, 0.3) is 11.3 Å². The van der Waals surface area contributed by atoms with Crippen LogP contribution in [0.4, 0.5) is 0 Å². The van der Waals surface area contributed by atoms with Crippen LogP contribution in [0.1, 0.15) is 37.9 Å².